The largest absolute Gasteiger partial charge is 0.475 e. The molecule has 0 amide bonds. The molecule has 0 atom stereocenters. The van der Waals surface area contributed by atoms with Crippen LogP contribution in [0.2, 0.25) is 5.02 Å². The molecule has 0 unspecified atom stereocenters. The first-order valence-corrected chi connectivity index (χ1v) is 8.73. The van der Waals surface area contributed by atoms with Crippen LogP contribution in [-0.4, -0.2) is 31.1 Å². The van der Waals surface area contributed by atoms with Gasteiger partial charge in [0.25, 0.3) is 10.0 Å². The van der Waals surface area contributed by atoms with Crippen molar-refractivity contribution in [3.8, 4) is 0 Å². The van der Waals surface area contributed by atoms with E-state index in [0.29, 0.717) is 5.02 Å². The number of nitrogens with one attached hydrogen (secondary N) is 1. The number of sulfonamides is 1. The summed E-state index contributed by atoms with van der Waals surface area (Å²) >= 11 is 5.74. The predicted molar refractivity (Wildman–Crippen MR) is 90.3 cm³/mol. The van der Waals surface area contributed by atoms with Crippen molar-refractivity contribution in [2.75, 3.05) is 4.72 Å². The van der Waals surface area contributed by atoms with Crippen molar-refractivity contribution in [3.63, 3.8) is 0 Å². The number of benzene rings is 2. The topological polar surface area (TPSA) is 118 Å². The number of carboxylic acid groups (broad SMARTS) is 1. The number of ketones is 2. The predicted octanol–water partition coefficient (Wildman–Crippen LogP) is 2.37. The highest BCUT2D eigenvalue weighted by Gasteiger charge is 2.20. The zero-order valence-corrected chi connectivity index (χ0v) is 14.2. The molecule has 0 saturated heterocycles. The molecule has 7 nitrogen and oxygen atoms in total. The summed E-state index contributed by atoms with van der Waals surface area (Å²) in [4.78, 5) is 33.3. The third-order valence-corrected chi connectivity index (χ3v) is 4.75. The average Bonchev–Trinajstić information content (AvgIpc) is 2.56. The van der Waals surface area contributed by atoms with Crippen LogP contribution in [0.4, 0.5) is 5.69 Å². The van der Waals surface area contributed by atoms with Crippen LogP contribution >= 0.6 is 11.6 Å². The van der Waals surface area contributed by atoms with Crippen LogP contribution in [0.1, 0.15) is 16.8 Å². The van der Waals surface area contributed by atoms with Crippen molar-refractivity contribution in [1.82, 2.24) is 0 Å². The monoisotopic (exact) mass is 381 g/mol. The van der Waals surface area contributed by atoms with E-state index >= 15 is 0 Å². The highest BCUT2D eigenvalue weighted by molar-refractivity contribution is 7.92. The van der Waals surface area contributed by atoms with Gasteiger partial charge in [-0.3, -0.25) is 14.3 Å². The van der Waals surface area contributed by atoms with E-state index in [1.807, 2.05) is 0 Å². The number of rotatable bonds is 7. The molecule has 0 bridgehead atoms. The molecular formula is C16H12ClNO6S. The number of carbonyl (C=O) groups excluding carboxylic acids is 2. The minimum atomic E-state index is -3.97. The van der Waals surface area contributed by atoms with Crippen LogP contribution in [0.3, 0.4) is 0 Å². The van der Waals surface area contributed by atoms with Crippen molar-refractivity contribution >= 4 is 44.8 Å². The second-order valence-electron chi connectivity index (χ2n) is 4.97. The quantitative estimate of drug-likeness (QED) is 0.432. The number of carbonyl (C=O) groups is 3. The fourth-order valence-corrected chi connectivity index (χ4v) is 3.12. The normalized spacial score (nSPS) is 10.9. The molecule has 2 aromatic carbocycles. The third-order valence-electron chi connectivity index (χ3n) is 3.12. The molecule has 0 spiro atoms. The zero-order valence-electron chi connectivity index (χ0n) is 12.6. The van der Waals surface area contributed by atoms with Crippen LogP contribution < -0.4 is 4.72 Å². The summed E-state index contributed by atoms with van der Waals surface area (Å²) in [6.07, 6.45) is -0.844. The molecule has 2 N–H and O–H groups in total. The van der Waals surface area contributed by atoms with Crippen LogP contribution in [0.15, 0.2) is 53.4 Å². The Balaban J connectivity index is 2.24. The molecule has 2 rings (SSSR count). The number of anilines is 1. The lowest BCUT2D eigenvalue weighted by molar-refractivity contribution is -0.148. The Hall–Kier alpha value is -2.71. The Morgan fingerprint density at radius 2 is 1.68 bits per heavy atom. The van der Waals surface area contributed by atoms with Crippen molar-refractivity contribution in [1.29, 1.82) is 0 Å². The minimum absolute atomic E-state index is 0.0754. The van der Waals surface area contributed by atoms with E-state index < -0.39 is 34.0 Å². The number of aliphatic carboxylic acids is 1. The van der Waals surface area contributed by atoms with Gasteiger partial charge in [0.05, 0.1) is 11.3 Å². The second kappa shape index (κ2) is 7.45. The lowest BCUT2D eigenvalue weighted by Crippen LogP contribution is -2.18. The molecule has 2 aromatic rings. The summed E-state index contributed by atoms with van der Waals surface area (Å²) < 4.78 is 27.1. The lowest BCUT2D eigenvalue weighted by Gasteiger charge is -2.09. The van der Waals surface area contributed by atoms with Gasteiger partial charge in [-0.15, -0.1) is 0 Å². The van der Waals surface area contributed by atoms with E-state index in [1.165, 1.54) is 42.5 Å². The van der Waals surface area contributed by atoms with Gasteiger partial charge in [-0.1, -0.05) is 23.7 Å². The van der Waals surface area contributed by atoms with Gasteiger partial charge in [0.15, 0.2) is 5.78 Å². The van der Waals surface area contributed by atoms with Crippen LogP contribution in [0.5, 0.6) is 0 Å². The molecule has 0 heterocycles. The second-order valence-corrected chi connectivity index (χ2v) is 7.09. The summed E-state index contributed by atoms with van der Waals surface area (Å²) in [7, 11) is -3.97. The standard InChI is InChI=1S/C16H12ClNO6S/c17-11-4-6-12(7-5-11)18-25(23,24)13-3-1-2-10(8-13)14(19)9-15(20)16(21)22/h1-8,18H,9H2,(H,21,22). The summed E-state index contributed by atoms with van der Waals surface area (Å²) in [5, 5.41) is 8.97. The molecule has 130 valence electrons. The molecule has 0 aliphatic rings. The van der Waals surface area contributed by atoms with Crippen LogP contribution in [0, 0.1) is 0 Å². The maximum absolute atomic E-state index is 12.4. The van der Waals surface area contributed by atoms with E-state index in [9.17, 15) is 22.8 Å². The zero-order chi connectivity index (χ0) is 18.6. The van der Waals surface area contributed by atoms with Crippen LogP contribution in [0.25, 0.3) is 0 Å². The number of hydrogen-bond donors (Lipinski definition) is 2. The highest BCUT2D eigenvalue weighted by Crippen LogP contribution is 2.19. The smallest absolute Gasteiger partial charge is 0.372 e. The van der Waals surface area contributed by atoms with Crippen molar-refractivity contribution in [2.24, 2.45) is 0 Å². The summed E-state index contributed by atoms with van der Waals surface area (Å²) in [6.45, 7) is 0. The third kappa shape index (κ3) is 4.88. The summed E-state index contributed by atoms with van der Waals surface area (Å²) in [5.74, 6) is -3.77. The Bertz CT molecular complexity index is 937. The van der Waals surface area contributed by atoms with Gasteiger partial charge >= 0.3 is 5.97 Å². The maximum Gasteiger partial charge on any atom is 0.372 e. The molecular weight excluding hydrogens is 370 g/mol. The van der Waals surface area contributed by atoms with Crippen LogP contribution in [-0.2, 0) is 19.6 Å². The van der Waals surface area contributed by atoms with Gasteiger partial charge in [-0.05, 0) is 36.4 Å². The van der Waals surface area contributed by atoms with E-state index in [0.717, 1.165) is 6.07 Å². The van der Waals surface area contributed by atoms with Crippen molar-refractivity contribution < 1.29 is 27.9 Å². The van der Waals surface area contributed by atoms with Gasteiger partial charge in [-0.2, -0.15) is 0 Å². The SMILES string of the molecule is O=C(O)C(=O)CC(=O)c1cccc(S(=O)(=O)Nc2ccc(Cl)cc2)c1. The van der Waals surface area contributed by atoms with E-state index in [2.05, 4.69) is 4.72 Å². The molecule has 0 saturated carbocycles. The number of hydrogen-bond acceptors (Lipinski definition) is 5. The fourth-order valence-electron chi connectivity index (χ4n) is 1.89. The Morgan fingerprint density at radius 1 is 1.04 bits per heavy atom. The van der Waals surface area contributed by atoms with E-state index in [-0.39, 0.29) is 16.1 Å². The fraction of sp³-hybridized carbons (Fsp3) is 0.0625. The molecule has 9 heteroatoms. The Morgan fingerprint density at radius 3 is 2.28 bits per heavy atom. The first-order chi connectivity index (χ1) is 11.7. The van der Waals surface area contributed by atoms with Crippen molar-refractivity contribution in [2.45, 2.75) is 11.3 Å². The molecule has 0 radical (unpaired) electrons. The van der Waals surface area contributed by atoms with Gasteiger partial charge in [-0.25, -0.2) is 13.2 Å². The van der Waals surface area contributed by atoms with E-state index in [4.69, 9.17) is 16.7 Å². The minimum Gasteiger partial charge on any atom is -0.475 e. The van der Waals surface area contributed by atoms with Crippen molar-refractivity contribution in [3.05, 3.63) is 59.1 Å². The lowest BCUT2D eigenvalue weighted by atomic mass is 10.1. The van der Waals surface area contributed by atoms with Gasteiger partial charge in [0.1, 0.15) is 0 Å². The maximum atomic E-state index is 12.4. The molecule has 0 fully saturated rings. The molecule has 0 aliphatic heterocycles. The van der Waals surface area contributed by atoms with Gasteiger partial charge in [0, 0.05) is 16.3 Å². The highest BCUT2D eigenvalue weighted by atomic mass is 35.5. The number of halogens is 1. The van der Waals surface area contributed by atoms with E-state index in [1.54, 1.807) is 0 Å². The molecule has 0 aliphatic carbocycles. The number of Topliss-reactive ketones (excluding diaryl/α,β-unsaturated/α-hetero) is 2. The van der Waals surface area contributed by atoms with Gasteiger partial charge in [0.2, 0.25) is 5.78 Å². The Labute approximate surface area is 148 Å². The summed E-state index contributed by atoms with van der Waals surface area (Å²) in [6, 6.07) is 11.0. The average molecular weight is 382 g/mol. The molecule has 0 aromatic heterocycles. The first kappa shape index (κ1) is 18.6. The molecule has 25 heavy (non-hydrogen) atoms. The number of carboxylic acids is 1. The summed E-state index contributed by atoms with van der Waals surface area (Å²) in [5.41, 5.74) is 0.204. The van der Waals surface area contributed by atoms with Gasteiger partial charge < -0.3 is 5.11 Å². The Kier molecular flexibility index (Phi) is 5.55. The first-order valence-electron chi connectivity index (χ1n) is 6.87.